The number of likely N-dealkylation sites (tertiary alicyclic amines) is 1. The molecular weight excluding hydrogens is 402 g/mol. The molecule has 2 aliphatic heterocycles. The van der Waals surface area contributed by atoms with Crippen LogP contribution < -0.4 is 5.32 Å². The van der Waals surface area contributed by atoms with Crippen molar-refractivity contribution in [1.82, 2.24) is 15.1 Å². The molecule has 1 aromatic carbocycles. The van der Waals surface area contributed by atoms with E-state index in [9.17, 15) is 9.59 Å². The van der Waals surface area contributed by atoms with Gasteiger partial charge in [-0.3, -0.25) is 9.59 Å². The van der Waals surface area contributed by atoms with Crippen molar-refractivity contribution in [1.29, 1.82) is 0 Å². The first-order valence-corrected chi connectivity index (χ1v) is 10.7. The maximum absolute atomic E-state index is 12.7. The molecule has 0 spiro atoms. The molecule has 2 amide bonds. The van der Waals surface area contributed by atoms with Gasteiger partial charge in [0, 0.05) is 28.9 Å². The number of carbonyl (C=O) groups is 2. The van der Waals surface area contributed by atoms with Crippen molar-refractivity contribution in [3.05, 3.63) is 34.3 Å². The van der Waals surface area contributed by atoms with E-state index in [1.54, 1.807) is 28.8 Å². The van der Waals surface area contributed by atoms with Gasteiger partial charge in [0.05, 0.1) is 5.88 Å². The third-order valence-corrected chi connectivity index (χ3v) is 6.20. The summed E-state index contributed by atoms with van der Waals surface area (Å²) in [6.45, 7) is 3.80. The zero-order valence-electron chi connectivity index (χ0n) is 14.2. The van der Waals surface area contributed by atoms with Crippen molar-refractivity contribution in [3.63, 3.8) is 0 Å². The van der Waals surface area contributed by atoms with Crippen molar-refractivity contribution >= 4 is 39.5 Å². The number of rotatable bonds is 5. The van der Waals surface area contributed by atoms with Crippen LogP contribution in [0.3, 0.4) is 0 Å². The number of amides is 2. The smallest absolute Gasteiger partial charge is 0.255 e. The van der Waals surface area contributed by atoms with Gasteiger partial charge in [-0.15, -0.1) is 11.8 Å². The Labute approximate surface area is 161 Å². The third-order valence-electron chi connectivity index (χ3n) is 4.69. The van der Waals surface area contributed by atoms with Crippen LogP contribution in [-0.4, -0.2) is 65.5 Å². The minimum absolute atomic E-state index is 0.0367. The van der Waals surface area contributed by atoms with E-state index in [2.05, 4.69) is 26.1 Å². The molecule has 0 saturated carbocycles. The van der Waals surface area contributed by atoms with Crippen molar-refractivity contribution < 1.29 is 9.59 Å². The van der Waals surface area contributed by atoms with E-state index in [0.29, 0.717) is 23.7 Å². The average molecular weight is 426 g/mol. The molecule has 1 N–H and O–H groups in total. The molecule has 2 aliphatic rings. The first-order valence-electron chi connectivity index (χ1n) is 8.79. The second kappa shape index (κ2) is 9.05. The van der Waals surface area contributed by atoms with Gasteiger partial charge in [0.2, 0.25) is 5.91 Å². The number of thioether (sulfide) groups is 1. The van der Waals surface area contributed by atoms with E-state index in [0.717, 1.165) is 24.1 Å². The number of carbonyl (C=O) groups excluding carboxylic acids is 2. The minimum Gasteiger partial charge on any atom is -0.353 e. The summed E-state index contributed by atoms with van der Waals surface area (Å²) in [5, 5.41) is 3.02. The van der Waals surface area contributed by atoms with Crippen molar-refractivity contribution in [3.8, 4) is 0 Å². The van der Waals surface area contributed by atoms with Gasteiger partial charge >= 0.3 is 0 Å². The fourth-order valence-electron chi connectivity index (χ4n) is 3.29. The summed E-state index contributed by atoms with van der Waals surface area (Å²) in [6.07, 6.45) is 3.82. The van der Waals surface area contributed by atoms with Crippen LogP contribution in [0.25, 0.3) is 0 Å². The standard InChI is InChI=1S/C18H24BrN3O2S/c19-15-6-4-5-14(11-15)18(24)22-13-25-12-16(22)17(23)20-7-10-21-8-2-1-3-9-21/h4-6,11,16H,1-3,7-10,12-13H2,(H,20,23). The van der Waals surface area contributed by atoms with E-state index in [4.69, 9.17) is 0 Å². The topological polar surface area (TPSA) is 52.7 Å². The predicted octanol–water partition coefficient (Wildman–Crippen LogP) is 2.57. The van der Waals surface area contributed by atoms with Crippen LogP contribution in [0.4, 0.5) is 0 Å². The lowest BCUT2D eigenvalue weighted by molar-refractivity contribution is -0.124. The summed E-state index contributed by atoms with van der Waals surface area (Å²) in [5.41, 5.74) is 0.614. The van der Waals surface area contributed by atoms with Crippen LogP contribution in [0.1, 0.15) is 29.6 Å². The number of hydrogen-bond acceptors (Lipinski definition) is 4. The molecule has 0 aliphatic carbocycles. The Bertz CT molecular complexity index is 622. The molecule has 2 saturated heterocycles. The molecule has 1 unspecified atom stereocenters. The minimum atomic E-state index is -0.377. The Morgan fingerprint density at radius 3 is 2.80 bits per heavy atom. The summed E-state index contributed by atoms with van der Waals surface area (Å²) in [5.74, 6) is 1.11. The summed E-state index contributed by atoms with van der Waals surface area (Å²) >= 11 is 5.02. The summed E-state index contributed by atoms with van der Waals surface area (Å²) < 4.78 is 0.868. The molecule has 7 heteroatoms. The van der Waals surface area contributed by atoms with Crippen LogP contribution >= 0.6 is 27.7 Å². The van der Waals surface area contributed by atoms with E-state index in [1.807, 2.05) is 12.1 Å². The molecule has 136 valence electrons. The highest BCUT2D eigenvalue weighted by Gasteiger charge is 2.35. The normalized spacial score (nSPS) is 21.3. The van der Waals surface area contributed by atoms with Gasteiger partial charge in [-0.2, -0.15) is 0 Å². The molecule has 1 aromatic rings. The molecule has 0 bridgehead atoms. The SMILES string of the molecule is O=C(NCCN1CCCCC1)C1CSCN1C(=O)c1cccc(Br)c1. The summed E-state index contributed by atoms with van der Waals surface area (Å²) in [7, 11) is 0. The first-order chi connectivity index (χ1) is 12.1. The maximum atomic E-state index is 12.7. The lowest BCUT2D eigenvalue weighted by Gasteiger charge is -2.27. The fraction of sp³-hybridized carbons (Fsp3) is 0.556. The van der Waals surface area contributed by atoms with Crippen molar-refractivity contribution in [2.24, 2.45) is 0 Å². The molecule has 0 radical (unpaired) electrons. The van der Waals surface area contributed by atoms with E-state index in [1.165, 1.54) is 19.3 Å². The lowest BCUT2D eigenvalue weighted by atomic mass is 10.1. The quantitative estimate of drug-likeness (QED) is 0.787. The van der Waals surface area contributed by atoms with Gasteiger partial charge in [0.1, 0.15) is 6.04 Å². The number of nitrogens with one attached hydrogen (secondary N) is 1. The van der Waals surface area contributed by atoms with Gasteiger partial charge in [-0.05, 0) is 44.1 Å². The second-order valence-corrected chi connectivity index (χ2v) is 8.41. The molecular formula is C18H24BrN3O2S. The molecule has 2 fully saturated rings. The molecule has 0 aromatic heterocycles. The largest absolute Gasteiger partial charge is 0.353 e. The van der Waals surface area contributed by atoms with Crippen LogP contribution in [0.2, 0.25) is 0 Å². The number of halogens is 1. The molecule has 25 heavy (non-hydrogen) atoms. The number of nitrogens with zero attached hydrogens (tertiary/aromatic N) is 2. The highest BCUT2D eigenvalue weighted by Crippen LogP contribution is 2.24. The van der Waals surface area contributed by atoms with E-state index in [-0.39, 0.29) is 17.9 Å². The molecule has 5 nitrogen and oxygen atoms in total. The zero-order chi connectivity index (χ0) is 17.6. The van der Waals surface area contributed by atoms with Crippen molar-refractivity contribution in [2.45, 2.75) is 25.3 Å². The van der Waals surface area contributed by atoms with Gasteiger partial charge in [-0.1, -0.05) is 28.4 Å². The molecule has 3 rings (SSSR count). The monoisotopic (exact) mass is 425 g/mol. The Kier molecular flexibility index (Phi) is 6.78. The fourth-order valence-corrected chi connectivity index (χ4v) is 4.84. The highest BCUT2D eigenvalue weighted by molar-refractivity contribution is 9.10. The van der Waals surface area contributed by atoms with Crippen molar-refractivity contribution in [2.75, 3.05) is 37.8 Å². The van der Waals surface area contributed by atoms with Gasteiger partial charge in [0.25, 0.3) is 5.91 Å². The van der Waals surface area contributed by atoms with Gasteiger partial charge in [-0.25, -0.2) is 0 Å². The van der Waals surface area contributed by atoms with Crippen LogP contribution in [-0.2, 0) is 4.79 Å². The number of hydrogen-bond donors (Lipinski definition) is 1. The number of piperidine rings is 1. The lowest BCUT2D eigenvalue weighted by Crippen LogP contribution is -2.48. The summed E-state index contributed by atoms with van der Waals surface area (Å²) in [6, 6.07) is 6.95. The first kappa shape index (κ1) is 18.7. The molecule has 1 atom stereocenters. The Morgan fingerprint density at radius 2 is 2.04 bits per heavy atom. The predicted molar refractivity (Wildman–Crippen MR) is 105 cm³/mol. The van der Waals surface area contributed by atoms with Gasteiger partial charge in [0.15, 0.2) is 0 Å². The van der Waals surface area contributed by atoms with Crippen LogP contribution in [0.5, 0.6) is 0 Å². The Balaban J connectivity index is 1.53. The highest BCUT2D eigenvalue weighted by atomic mass is 79.9. The third kappa shape index (κ3) is 4.99. The van der Waals surface area contributed by atoms with E-state index >= 15 is 0 Å². The number of benzene rings is 1. The van der Waals surface area contributed by atoms with E-state index < -0.39 is 0 Å². The Morgan fingerprint density at radius 1 is 1.24 bits per heavy atom. The summed E-state index contributed by atoms with van der Waals surface area (Å²) in [4.78, 5) is 29.4. The maximum Gasteiger partial charge on any atom is 0.255 e. The molecule has 2 heterocycles. The average Bonchev–Trinajstić information content (AvgIpc) is 3.12. The second-order valence-electron chi connectivity index (χ2n) is 6.49. The van der Waals surface area contributed by atoms with Gasteiger partial charge < -0.3 is 15.1 Å². The Hall–Kier alpha value is -1.05. The van der Waals surface area contributed by atoms with Crippen LogP contribution in [0, 0.1) is 0 Å². The zero-order valence-corrected chi connectivity index (χ0v) is 16.7. The van der Waals surface area contributed by atoms with Crippen LogP contribution in [0.15, 0.2) is 28.7 Å².